The molecule has 1 unspecified atom stereocenters. The van der Waals surface area contributed by atoms with Crippen LogP contribution >= 0.6 is 0 Å². The van der Waals surface area contributed by atoms with E-state index in [0.29, 0.717) is 68.4 Å². The van der Waals surface area contributed by atoms with E-state index in [9.17, 15) is 19.2 Å². The molecule has 0 aromatic rings. The van der Waals surface area contributed by atoms with Crippen molar-refractivity contribution in [3.8, 4) is 0 Å². The monoisotopic (exact) mass is 556 g/mol. The van der Waals surface area contributed by atoms with Crippen LogP contribution in [0.15, 0.2) is 48.6 Å². The molecule has 11 nitrogen and oxygen atoms in total. The molecule has 1 atom stereocenters. The lowest BCUT2D eigenvalue weighted by Crippen LogP contribution is -2.18. The first kappa shape index (κ1) is 37.9. The highest BCUT2D eigenvalue weighted by molar-refractivity contribution is 5.88. The normalized spacial score (nSPS) is 10.7. The van der Waals surface area contributed by atoms with Crippen molar-refractivity contribution in [3.63, 3.8) is 0 Å². The van der Waals surface area contributed by atoms with Gasteiger partial charge in [0.2, 0.25) is 0 Å². The minimum absolute atomic E-state index is 0.192. The lowest BCUT2D eigenvalue weighted by atomic mass is 10.3. The van der Waals surface area contributed by atoms with Crippen LogP contribution in [0, 0.1) is 0 Å². The first-order valence-electron chi connectivity index (χ1n) is 12.4. The van der Waals surface area contributed by atoms with Gasteiger partial charge in [-0.15, -0.1) is 0 Å². The Kier molecular flexibility index (Phi) is 23.1. The van der Waals surface area contributed by atoms with E-state index in [1.807, 2.05) is 0 Å². The lowest BCUT2D eigenvalue weighted by molar-refractivity contribution is -0.146. The van der Waals surface area contributed by atoms with Gasteiger partial charge >= 0.3 is 23.9 Å². The number of carbonyl (C=O) groups is 4. The quantitative estimate of drug-likeness (QED) is 0.0947. The molecule has 0 fully saturated rings. The van der Waals surface area contributed by atoms with E-state index >= 15 is 0 Å². The van der Waals surface area contributed by atoms with Crippen LogP contribution in [0.2, 0.25) is 0 Å². The van der Waals surface area contributed by atoms with Gasteiger partial charge in [0.15, 0.2) is 0 Å². The highest BCUT2D eigenvalue weighted by Gasteiger charge is 2.11. The van der Waals surface area contributed by atoms with Gasteiger partial charge < -0.3 is 33.2 Å². The predicted octanol–water partition coefficient (Wildman–Crippen LogP) is 3.28. The summed E-state index contributed by atoms with van der Waals surface area (Å²) in [5.41, 5.74) is 1.43. The first-order valence-corrected chi connectivity index (χ1v) is 12.4. The molecule has 0 bridgehead atoms. The molecule has 39 heavy (non-hydrogen) atoms. The van der Waals surface area contributed by atoms with Crippen LogP contribution in [0.3, 0.4) is 0 Å². The van der Waals surface area contributed by atoms with Crippen LogP contribution < -0.4 is 0 Å². The number of esters is 4. The van der Waals surface area contributed by atoms with Gasteiger partial charge in [-0.1, -0.05) is 26.3 Å². The maximum atomic E-state index is 11.1. The Balaban J connectivity index is 0. The Hall–Kier alpha value is -3.28. The van der Waals surface area contributed by atoms with Gasteiger partial charge in [0.25, 0.3) is 0 Å². The summed E-state index contributed by atoms with van der Waals surface area (Å²) >= 11 is 0. The third kappa shape index (κ3) is 24.8. The summed E-state index contributed by atoms with van der Waals surface area (Å²) in [6, 6.07) is 0. The molecule has 11 heteroatoms. The van der Waals surface area contributed by atoms with Crippen molar-refractivity contribution < 1.29 is 52.3 Å². The van der Waals surface area contributed by atoms with Crippen molar-refractivity contribution in [2.45, 2.75) is 47.1 Å². The van der Waals surface area contributed by atoms with Gasteiger partial charge in [0, 0.05) is 28.7 Å². The van der Waals surface area contributed by atoms with Gasteiger partial charge in [-0.25, -0.2) is 19.2 Å². The van der Waals surface area contributed by atoms with Crippen LogP contribution in [-0.4, -0.2) is 89.4 Å². The molecule has 0 aliphatic rings. The standard InChI is InChI=1S/C16H26O7.C12H18O4/c1-13(2)15(17)22-11-9-20-7-5-19-6-8-21-10-12-23-16(18)14(3)4;1-8(2)11(13)15-7-6-10(5)16-12(14)9(3)4/h1,3,5-12H2,2,4H3;10H,1,3,6-7H2,2,4-5H3. The molecule has 0 heterocycles. The average molecular weight is 557 g/mol. The van der Waals surface area contributed by atoms with E-state index in [4.69, 9.17) is 33.2 Å². The SMILES string of the molecule is C=C(C)C(=O)OCCC(C)OC(=O)C(=C)C.C=C(C)C(=O)OCCOCCOCCOCCOC(=O)C(=C)C. The molecule has 0 radical (unpaired) electrons. The zero-order chi connectivity index (χ0) is 30.2. The summed E-state index contributed by atoms with van der Waals surface area (Å²) < 4.78 is 35.3. The Morgan fingerprint density at radius 3 is 1.08 bits per heavy atom. The summed E-state index contributed by atoms with van der Waals surface area (Å²) in [6.45, 7) is 24.8. The number of ether oxygens (including phenoxy) is 7. The smallest absolute Gasteiger partial charge is 0.333 e. The molecule has 0 rings (SSSR count). The molecule has 222 valence electrons. The molecular formula is C28H44O11. The fourth-order valence-electron chi connectivity index (χ4n) is 1.96. The number of rotatable bonds is 20. The molecule has 0 aromatic carbocycles. The van der Waals surface area contributed by atoms with Gasteiger partial charge in [-0.05, 0) is 34.6 Å². The van der Waals surface area contributed by atoms with Crippen molar-refractivity contribution in [1.82, 2.24) is 0 Å². The van der Waals surface area contributed by atoms with Crippen LogP contribution in [0.4, 0.5) is 0 Å². The average Bonchev–Trinajstić information content (AvgIpc) is 2.86. The highest BCUT2D eigenvalue weighted by atomic mass is 16.6. The summed E-state index contributed by atoms with van der Waals surface area (Å²) in [6.07, 6.45) is 0.153. The molecule has 0 amide bonds. The predicted molar refractivity (Wildman–Crippen MR) is 145 cm³/mol. The second-order valence-electron chi connectivity index (χ2n) is 8.37. The summed E-state index contributed by atoms with van der Waals surface area (Å²) in [5, 5.41) is 0. The third-order valence-electron chi connectivity index (χ3n) is 4.13. The molecular weight excluding hydrogens is 512 g/mol. The summed E-state index contributed by atoms with van der Waals surface area (Å²) in [5.74, 6) is -1.70. The number of hydrogen-bond acceptors (Lipinski definition) is 11. The van der Waals surface area contributed by atoms with Crippen molar-refractivity contribution in [1.29, 1.82) is 0 Å². The van der Waals surface area contributed by atoms with Crippen molar-refractivity contribution in [2.24, 2.45) is 0 Å². The van der Waals surface area contributed by atoms with Crippen molar-refractivity contribution in [2.75, 3.05) is 59.5 Å². The number of carbonyl (C=O) groups excluding carboxylic acids is 4. The van der Waals surface area contributed by atoms with E-state index in [1.165, 1.54) is 0 Å². The largest absolute Gasteiger partial charge is 0.462 e. The second kappa shape index (κ2) is 23.8. The molecule has 0 aromatic heterocycles. The van der Waals surface area contributed by atoms with Gasteiger partial charge in [-0.3, -0.25) is 0 Å². The molecule has 0 aliphatic carbocycles. The minimum Gasteiger partial charge on any atom is -0.462 e. The molecule has 0 spiro atoms. The zero-order valence-electron chi connectivity index (χ0n) is 24.0. The van der Waals surface area contributed by atoms with Gasteiger partial charge in [-0.2, -0.15) is 0 Å². The molecule has 0 saturated carbocycles. The Bertz CT molecular complexity index is 793. The highest BCUT2D eigenvalue weighted by Crippen LogP contribution is 2.03. The van der Waals surface area contributed by atoms with E-state index in [-0.39, 0.29) is 25.9 Å². The Labute approximate surface area is 231 Å². The van der Waals surface area contributed by atoms with Crippen molar-refractivity contribution in [3.05, 3.63) is 48.6 Å². The van der Waals surface area contributed by atoms with E-state index < -0.39 is 23.9 Å². The van der Waals surface area contributed by atoms with Gasteiger partial charge in [0.05, 0.1) is 46.2 Å². The van der Waals surface area contributed by atoms with Crippen LogP contribution in [0.5, 0.6) is 0 Å². The maximum absolute atomic E-state index is 11.1. The minimum atomic E-state index is -0.432. The molecule has 0 aliphatic heterocycles. The van der Waals surface area contributed by atoms with E-state index in [0.717, 1.165) is 0 Å². The van der Waals surface area contributed by atoms with Gasteiger partial charge in [0.1, 0.15) is 19.3 Å². The second-order valence-corrected chi connectivity index (χ2v) is 8.37. The van der Waals surface area contributed by atoms with E-state index in [2.05, 4.69) is 26.3 Å². The summed E-state index contributed by atoms with van der Waals surface area (Å²) in [7, 11) is 0. The molecule has 0 saturated heterocycles. The Morgan fingerprint density at radius 1 is 0.487 bits per heavy atom. The fraction of sp³-hybridized carbons (Fsp3) is 0.571. The number of hydrogen-bond donors (Lipinski definition) is 0. The van der Waals surface area contributed by atoms with Crippen molar-refractivity contribution >= 4 is 23.9 Å². The van der Waals surface area contributed by atoms with Crippen LogP contribution in [0.1, 0.15) is 41.0 Å². The Morgan fingerprint density at radius 2 is 0.769 bits per heavy atom. The third-order valence-corrected chi connectivity index (χ3v) is 4.13. The fourth-order valence-corrected chi connectivity index (χ4v) is 1.96. The van der Waals surface area contributed by atoms with Crippen LogP contribution in [0.25, 0.3) is 0 Å². The zero-order valence-corrected chi connectivity index (χ0v) is 24.0. The molecule has 0 N–H and O–H groups in total. The van der Waals surface area contributed by atoms with Crippen LogP contribution in [-0.2, 0) is 52.3 Å². The topological polar surface area (TPSA) is 133 Å². The van der Waals surface area contributed by atoms with E-state index in [1.54, 1.807) is 34.6 Å². The summed E-state index contributed by atoms with van der Waals surface area (Å²) in [4.78, 5) is 44.2. The maximum Gasteiger partial charge on any atom is 0.333 e. The lowest BCUT2D eigenvalue weighted by Gasteiger charge is -2.13. The first-order chi connectivity index (χ1) is 18.3.